The van der Waals surface area contributed by atoms with Crippen molar-refractivity contribution in [1.82, 2.24) is 19.9 Å². The fourth-order valence-corrected chi connectivity index (χ4v) is 4.18. The van der Waals surface area contributed by atoms with E-state index in [1.54, 1.807) is 6.20 Å². The first-order chi connectivity index (χ1) is 17.9. The summed E-state index contributed by atoms with van der Waals surface area (Å²) in [6, 6.07) is 13.9. The van der Waals surface area contributed by atoms with E-state index in [4.69, 9.17) is 9.72 Å². The van der Waals surface area contributed by atoms with E-state index in [0.717, 1.165) is 40.9 Å². The van der Waals surface area contributed by atoms with Crippen molar-refractivity contribution in [1.29, 1.82) is 0 Å². The van der Waals surface area contributed by atoms with E-state index in [1.807, 2.05) is 58.4 Å². The predicted molar refractivity (Wildman–Crippen MR) is 151 cm³/mol. The molecule has 0 saturated heterocycles. The van der Waals surface area contributed by atoms with Crippen LogP contribution in [-0.2, 0) is 11.8 Å². The van der Waals surface area contributed by atoms with Crippen LogP contribution >= 0.6 is 0 Å². The molecule has 4 rings (SSSR count). The summed E-state index contributed by atoms with van der Waals surface area (Å²) in [5.41, 5.74) is 5.04. The zero-order chi connectivity index (χ0) is 26.4. The Kier molecular flexibility index (Phi) is 8.05. The van der Waals surface area contributed by atoms with E-state index < -0.39 is 0 Å². The minimum atomic E-state index is -0.299. The molecule has 192 valence electrons. The van der Waals surface area contributed by atoms with Gasteiger partial charge < -0.3 is 30.2 Å². The Morgan fingerprint density at radius 3 is 2.78 bits per heavy atom. The fraction of sp³-hybridized carbons (Fsp3) is 0.250. The summed E-state index contributed by atoms with van der Waals surface area (Å²) in [6.07, 6.45) is 5.05. The van der Waals surface area contributed by atoms with E-state index in [1.165, 1.54) is 6.08 Å². The first kappa shape index (κ1) is 25.7. The molecule has 0 aliphatic rings. The van der Waals surface area contributed by atoms with Crippen LogP contribution in [0.1, 0.15) is 6.92 Å². The molecule has 0 saturated carbocycles. The number of likely N-dealkylation sites (N-methyl/N-ethyl adjacent to an activating group) is 2. The topological polar surface area (TPSA) is 96.3 Å². The number of hydrogen-bond acceptors (Lipinski definition) is 7. The minimum absolute atomic E-state index is 0.299. The summed E-state index contributed by atoms with van der Waals surface area (Å²) in [7, 11) is 5.89. The number of carbonyl (C=O) groups excluding carboxylic acids is 1. The van der Waals surface area contributed by atoms with Gasteiger partial charge in [0.2, 0.25) is 11.9 Å². The number of rotatable bonds is 11. The molecule has 2 aromatic heterocycles. The highest BCUT2D eigenvalue weighted by Gasteiger charge is 2.17. The molecule has 1 amide bonds. The maximum absolute atomic E-state index is 12.2. The van der Waals surface area contributed by atoms with Gasteiger partial charge in [-0.1, -0.05) is 24.8 Å². The Bertz CT molecular complexity index is 1410. The van der Waals surface area contributed by atoms with Crippen LogP contribution in [0.5, 0.6) is 5.75 Å². The smallest absolute Gasteiger partial charge is 0.247 e. The van der Waals surface area contributed by atoms with Crippen molar-refractivity contribution in [3.05, 3.63) is 67.5 Å². The molecule has 0 bridgehead atoms. The van der Waals surface area contributed by atoms with Gasteiger partial charge in [-0.15, -0.1) is 0 Å². The van der Waals surface area contributed by atoms with Crippen LogP contribution in [0, 0.1) is 0 Å². The van der Waals surface area contributed by atoms with Crippen molar-refractivity contribution >= 4 is 39.8 Å². The second kappa shape index (κ2) is 11.6. The summed E-state index contributed by atoms with van der Waals surface area (Å²) in [5.74, 6) is 0.751. The second-order valence-electron chi connectivity index (χ2n) is 8.58. The van der Waals surface area contributed by atoms with Gasteiger partial charge in [0.1, 0.15) is 5.75 Å². The van der Waals surface area contributed by atoms with E-state index in [9.17, 15) is 4.79 Å². The molecule has 0 unspecified atom stereocenters. The van der Waals surface area contributed by atoms with Gasteiger partial charge in [0.05, 0.1) is 29.4 Å². The molecule has 9 heteroatoms. The van der Waals surface area contributed by atoms with Gasteiger partial charge in [-0.05, 0) is 38.2 Å². The Labute approximate surface area is 217 Å². The van der Waals surface area contributed by atoms with Crippen molar-refractivity contribution in [2.45, 2.75) is 6.92 Å². The summed E-state index contributed by atoms with van der Waals surface area (Å²) < 4.78 is 8.06. The maximum Gasteiger partial charge on any atom is 0.247 e. The third-order valence-electron chi connectivity index (χ3n) is 6.02. The van der Waals surface area contributed by atoms with E-state index in [2.05, 4.69) is 55.3 Å². The van der Waals surface area contributed by atoms with Gasteiger partial charge in [-0.2, -0.15) is 0 Å². The number of carbonyl (C=O) groups is 1. The molecule has 9 nitrogen and oxygen atoms in total. The molecule has 0 spiro atoms. The first-order valence-corrected chi connectivity index (χ1v) is 12.2. The Morgan fingerprint density at radius 1 is 1.22 bits per heavy atom. The highest BCUT2D eigenvalue weighted by atomic mass is 16.5. The number of nitrogens with zero attached hydrogens (tertiary/aromatic N) is 4. The van der Waals surface area contributed by atoms with Crippen LogP contribution in [0.3, 0.4) is 0 Å². The molecular weight excluding hydrogens is 466 g/mol. The van der Waals surface area contributed by atoms with Crippen LogP contribution in [0.25, 0.3) is 22.2 Å². The standard InChI is InChI=1S/C28H33N7O2/c1-6-27(36)31-22-16-23(26(37-7-2)17-25(22)34(4)15-14-29-3)33-28-30-13-12-21(32-28)20-18-35(5)24-11-9-8-10-19(20)24/h6,8-13,16-18,29H,1,7,14-15H2,2-5H3,(H,31,36)(H,30,32,33). The Hall–Kier alpha value is -4.37. The maximum atomic E-state index is 12.2. The van der Waals surface area contributed by atoms with Crippen LogP contribution in [0.4, 0.5) is 23.0 Å². The van der Waals surface area contributed by atoms with Crippen LogP contribution in [-0.4, -0.2) is 54.2 Å². The molecule has 4 aromatic rings. The summed E-state index contributed by atoms with van der Waals surface area (Å²) in [6.45, 7) is 7.51. The van der Waals surface area contributed by atoms with E-state index >= 15 is 0 Å². The largest absolute Gasteiger partial charge is 0.492 e. The van der Waals surface area contributed by atoms with Crippen molar-refractivity contribution in [3.8, 4) is 17.0 Å². The molecule has 2 aromatic carbocycles. The van der Waals surface area contributed by atoms with Crippen LogP contribution in [0.2, 0.25) is 0 Å². The van der Waals surface area contributed by atoms with Crippen molar-refractivity contribution in [3.63, 3.8) is 0 Å². The van der Waals surface area contributed by atoms with E-state index in [-0.39, 0.29) is 5.91 Å². The fourth-order valence-electron chi connectivity index (χ4n) is 4.18. The van der Waals surface area contributed by atoms with Crippen molar-refractivity contribution < 1.29 is 9.53 Å². The molecular formula is C28H33N7O2. The molecule has 37 heavy (non-hydrogen) atoms. The number of aromatic nitrogens is 3. The quantitative estimate of drug-likeness (QED) is 0.260. The summed E-state index contributed by atoms with van der Waals surface area (Å²) in [5, 5.41) is 10.5. The number of aryl methyl sites for hydroxylation is 1. The molecule has 0 radical (unpaired) electrons. The molecule has 0 aliphatic carbocycles. The average molecular weight is 500 g/mol. The van der Waals surface area contributed by atoms with Crippen molar-refractivity contribution in [2.24, 2.45) is 7.05 Å². The van der Waals surface area contributed by atoms with Gasteiger partial charge in [0, 0.05) is 62.1 Å². The lowest BCUT2D eigenvalue weighted by atomic mass is 10.1. The number of ether oxygens (including phenoxy) is 1. The van der Waals surface area contributed by atoms with Gasteiger partial charge >= 0.3 is 0 Å². The molecule has 0 atom stereocenters. The Morgan fingerprint density at radius 2 is 2.03 bits per heavy atom. The molecule has 0 aliphatic heterocycles. The third kappa shape index (κ3) is 5.73. The monoisotopic (exact) mass is 499 g/mol. The lowest BCUT2D eigenvalue weighted by molar-refractivity contribution is -0.111. The third-order valence-corrected chi connectivity index (χ3v) is 6.02. The van der Waals surface area contributed by atoms with E-state index in [0.29, 0.717) is 29.7 Å². The first-order valence-electron chi connectivity index (χ1n) is 12.2. The van der Waals surface area contributed by atoms with Gasteiger partial charge in [-0.3, -0.25) is 4.79 Å². The zero-order valence-corrected chi connectivity index (χ0v) is 21.7. The lowest BCUT2D eigenvalue weighted by Crippen LogP contribution is -2.28. The summed E-state index contributed by atoms with van der Waals surface area (Å²) in [4.78, 5) is 23.5. The van der Waals surface area contributed by atoms with Gasteiger partial charge in [0.15, 0.2) is 0 Å². The minimum Gasteiger partial charge on any atom is -0.492 e. The summed E-state index contributed by atoms with van der Waals surface area (Å²) >= 11 is 0. The average Bonchev–Trinajstić information content (AvgIpc) is 3.25. The number of amides is 1. The highest BCUT2D eigenvalue weighted by molar-refractivity contribution is 6.02. The Balaban J connectivity index is 1.73. The van der Waals surface area contributed by atoms with Crippen molar-refractivity contribution in [2.75, 3.05) is 49.3 Å². The zero-order valence-electron chi connectivity index (χ0n) is 21.7. The number of benzene rings is 2. The second-order valence-corrected chi connectivity index (χ2v) is 8.58. The van der Waals surface area contributed by atoms with Gasteiger partial charge in [0.25, 0.3) is 0 Å². The molecule has 0 fully saturated rings. The lowest BCUT2D eigenvalue weighted by Gasteiger charge is -2.25. The highest BCUT2D eigenvalue weighted by Crippen LogP contribution is 2.38. The van der Waals surface area contributed by atoms with Crippen LogP contribution in [0.15, 0.2) is 67.5 Å². The number of hydrogen-bond donors (Lipinski definition) is 3. The predicted octanol–water partition coefficient (Wildman–Crippen LogP) is 4.56. The number of anilines is 4. The number of fused-ring (bicyclic) bond motifs is 1. The van der Waals surface area contributed by atoms with Gasteiger partial charge in [-0.25, -0.2) is 9.97 Å². The SMILES string of the molecule is C=CC(=O)Nc1cc(Nc2nccc(-c3cn(C)c4ccccc34)n2)c(OCC)cc1N(C)CCNC. The van der Waals surface area contributed by atoms with Crippen LogP contribution < -0.4 is 25.6 Å². The number of nitrogens with one attached hydrogen (secondary N) is 3. The molecule has 2 heterocycles. The molecule has 3 N–H and O–H groups in total. The number of para-hydroxylation sites is 1. The normalized spacial score (nSPS) is 10.8.